The average Bonchev–Trinajstić information content (AvgIpc) is 2.49. The van der Waals surface area contributed by atoms with Gasteiger partial charge >= 0.3 is 0 Å². The summed E-state index contributed by atoms with van der Waals surface area (Å²) >= 11 is 0. The number of hydrogen-bond donors (Lipinski definition) is 0. The number of benzene rings is 2. The van der Waals surface area contributed by atoms with Gasteiger partial charge in [-0.25, -0.2) is 4.39 Å². The van der Waals surface area contributed by atoms with Crippen LogP contribution < -0.4 is 9.47 Å². The highest BCUT2D eigenvalue weighted by atomic mass is 19.1. The lowest BCUT2D eigenvalue weighted by Gasteiger charge is -2.11. The zero-order chi connectivity index (χ0) is 15.6. The molecular formula is C17H17FO3. The fourth-order valence-corrected chi connectivity index (χ4v) is 2.21. The first-order chi connectivity index (χ1) is 9.97. The Morgan fingerprint density at radius 2 is 1.62 bits per heavy atom. The molecule has 0 spiro atoms. The minimum atomic E-state index is -0.489. The van der Waals surface area contributed by atoms with Gasteiger partial charge in [-0.05, 0) is 55.3 Å². The lowest BCUT2D eigenvalue weighted by molar-refractivity contribution is 0.103. The molecule has 0 saturated carbocycles. The van der Waals surface area contributed by atoms with E-state index >= 15 is 0 Å². The summed E-state index contributed by atoms with van der Waals surface area (Å²) in [7, 11) is 2.96. The summed E-state index contributed by atoms with van der Waals surface area (Å²) in [6.45, 7) is 3.72. The van der Waals surface area contributed by atoms with Crippen LogP contribution >= 0.6 is 0 Å². The molecule has 0 saturated heterocycles. The number of hydrogen-bond acceptors (Lipinski definition) is 3. The van der Waals surface area contributed by atoms with Crippen molar-refractivity contribution in [1.82, 2.24) is 0 Å². The minimum absolute atomic E-state index is 0.0590. The van der Waals surface area contributed by atoms with E-state index in [1.807, 2.05) is 19.9 Å². The Morgan fingerprint density at radius 3 is 2.24 bits per heavy atom. The zero-order valence-corrected chi connectivity index (χ0v) is 12.5. The molecule has 0 bridgehead atoms. The van der Waals surface area contributed by atoms with Crippen molar-refractivity contribution in [2.75, 3.05) is 14.2 Å². The van der Waals surface area contributed by atoms with Gasteiger partial charge in [-0.2, -0.15) is 0 Å². The third kappa shape index (κ3) is 2.89. The molecule has 2 aromatic carbocycles. The van der Waals surface area contributed by atoms with Crippen molar-refractivity contribution >= 4 is 5.78 Å². The third-order valence-electron chi connectivity index (χ3n) is 3.40. The van der Waals surface area contributed by atoms with Gasteiger partial charge in [0.2, 0.25) is 0 Å². The monoisotopic (exact) mass is 288 g/mol. The molecule has 2 rings (SSSR count). The second-order valence-corrected chi connectivity index (χ2v) is 4.82. The molecule has 0 radical (unpaired) electrons. The van der Waals surface area contributed by atoms with Crippen LogP contribution in [0.3, 0.4) is 0 Å². The number of carbonyl (C=O) groups excluding carboxylic acids is 1. The van der Waals surface area contributed by atoms with Gasteiger partial charge in [-0.15, -0.1) is 0 Å². The molecule has 0 aliphatic heterocycles. The molecule has 0 N–H and O–H groups in total. The number of rotatable bonds is 4. The van der Waals surface area contributed by atoms with Crippen molar-refractivity contribution in [3.05, 3.63) is 58.4 Å². The highest BCUT2D eigenvalue weighted by molar-refractivity contribution is 6.10. The van der Waals surface area contributed by atoms with Gasteiger partial charge in [0, 0.05) is 11.1 Å². The highest BCUT2D eigenvalue weighted by Gasteiger charge is 2.16. The molecular weight excluding hydrogens is 271 g/mol. The normalized spacial score (nSPS) is 10.3. The molecule has 0 heterocycles. The van der Waals surface area contributed by atoms with Crippen molar-refractivity contribution in [2.45, 2.75) is 13.8 Å². The average molecular weight is 288 g/mol. The molecule has 110 valence electrons. The molecule has 3 nitrogen and oxygen atoms in total. The fraction of sp³-hybridized carbons (Fsp3) is 0.235. The Morgan fingerprint density at radius 1 is 0.952 bits per heavy atom. The van der Waals surface area contributed by atoms with Gasteiger partial charge in [0.05, 0.1) is 14.2 Å². The summed E-state index contributed by atoms with van der Waals surface area (Å²) < 4.78 is 23.6. The Balaban J connectivity index is 2.47. The van der Waals surface area contributed by atoms with E-state index in [2.05, 4.69) is 0 Å². The molecule has 4 heteroatoms. The van der Waals surface area contributed by atoms with Crippen LogP contribution in [0.25, 0.3) is 0 Å². The summed E-state index contributed by atoms with van der Waals surface area (Å²) in [4.78, 5) is 12.6. The summed E-state index contributed by atoms with van der Waals surface area (Å²) in [5.41, 5.74) is 2.65. The number of ketones is 1. The van der Waals surface area contributed by atoms with E-state index in [0.29, 0.717) is 11.1 Å². The quantitative estimate of drug-likeness (QED) is 0.805. The van der Waals surface area contributed by atoms with Crippen molar-refractivity contribution in [1.29, 1.82) is 0 Å². The Bertz CT molecular complexity index is 693. The third-order valence-corrected chi connectivity index (χ3v) is 3.40. The number of ether oxygens (including phenoxy) is 2. The van der Waals surface area contributed by atoms with E-state index in [-0.39, 0.29) is 11.5 Å². The van der Waals surface area contributed by atoms with Crippen molar-refractivity contribution in [3.8, 4) is 11.5 Å². The smallest absolute Gasteiger partial charge is 0.193 e. The number of halogens is 1. The van der Waals surface area contributed by atoms with Crippen LogP contribution in [-0.2, 0) is 0 Å². The SMILES string of the molecule is COc1cc(C)c(C(=O)c2ccc(F)c(OC)c2)cc1C. The Hall–Kier alpha value is -2.36. The fourth-order valence-electron chi connectivity index (χ4n) is 2.21. The van der Waals surface area contributed by atoms with Gasteiger partial charge < -0.3 is 9.47 Å². The molecule has 0 aromatic heterocycles. The number of methoxy groups -OCH3 is 2. The van der Waals surface area contributed by atoms with Gasteiger partial charge in [0.15, 0.2) is 17.3 Å². The highest BCUT2D eigenvalue weighted by Crippen LogP contribution is 2.26. The zero-order valence-electron chi connectivity index (χ0n) is 12.5. The number of aryl methyl sites for hydroxylation is 2. The summed E-state index contributed by atoms with van der Waals surface area (Å²) in [6.07, 6.45) is 0. The molecule has 2 aromatic rings. The Labute approximate surface area is 123 Å². The van der Waals surface area contributed by atoms with Crippen LogP contribution in [-0.4, -0.2) is 20.0 Å². The van der Waals surface area contributed by atoms with Crippen molar-refractivity contribution in [2.24, 2.45) is 0 Å². The standard InChI is InChI=1S/C17H17FO3/c1-10-8-15(20-3)11(2)7-13(10)17(19)12-5-6-14(18)16(9-12)21-4/h5-9H,1-4H3. The first-order valence-corrected chi connectivity index (χ1v) is 6.51. The van der Waals surface area contributed by atoms with Crippen LogP contribution in [0.2, 0.25) is 0 Å². The summed E-state index contributed by atoms with van der Waals surface area (Å²) in [5, 5.41) is 0. The van der Waals surface area contributed by atoms with E-state index in [1.54, 1.807) is 13.2 Å². The topological polar surface area (TPSA) is 35.5 Å². The molecule has 0 fully saturated rings. The van der Waals surface area contributed by atoms with Crippen molar-refractivity contribution < 1.29 is 18.7 Å². The molecule has 0 aliphatic rings. The van der Waals surface area contributed by atoms with Crippen LogP contribution in [0.1, 0.15) is 27.0 Å². The maximum atomic E-state index is 13.4. The number of carbonyl (C=O) groups is 1. The van der Waals surface area contributed by atoms with E-state index in [9.17, 15) is 9.18 Å². The molecule has 0 amide bonds. The predicted octanol–water partition coefficient (Wildman–Crippen LogP) is 3.69. The van der Waals surface area contributed by atoms with Crippen LogP contribution in [0, 0.1) is 19.7 Å². The summed E-state index contributed by atoms with van der Waals surface area (Å²) in [6, 6.07) is 7.71. The first kappa shape index (κ1) is 15.0. The maximum Gasteiger partial charge on any atom is 0.193 e. The molecule has 0 aliphatic carbocycles. The summed E-state index contributed by atoms with van der Waals surface area (Å²) in [5.74, 6) is 0.137. The molecule has 21 heavy (non-hydrogen) atoms. The van der Waals surface area contributed by atoms with Crippen LogP contribution in [0.4, 0.5) is 4.39 Å². The van der Waals surface area contributed by atoms with Crippen LogP contribution in [0.5, 0.6) is 11.5 Å². The van der Waals surface area contributed by atoms with E-state index in [4.69, 9.17) is 9.47 Å². The largest absolute Gasteiger partial charge is 0.496 e. The van der Waals surface area contributed by atoms with Crippen LogP contribution in [0.15, 0.2) is 30.3 Å². The van der Waals surface area contributed by atoms with Gasteiger partial charge in [0.1, 0.15) is 5.75 Å². The second kappa shape index (κ2) is 5.95. The molecule has 0 atom stereocenters. The van der Waals surface area contributed by atoms with E-state index in [1.165, 1.54) is 25.3 Å². The lowest BCUT2D eigenvalue weighted by Crippen LogP contribution is -2.06. The molecule has 0 unspecified atom stereocenters. The van der Waals surface area contributed by atoms with Gasteiger partial charge in [-0.3, -0.25) is 4.79 Å². The lowest BCUT2D eigenvalue weighted by atomic mass is 9.96. The van der Waals surface area contributed by atoms with Gasteiger partial charge in [0.25, 0.3) is 0 Å². The maximum absolute atomic E-state index is 13.4. The van der Waals surface area contributed by atoms with E-state index in [0.717, 1.165) is 16.9 Å². The second-order valence-electron chi connectivity index (χ2n) is 4.82. The minimum Gasteiger partial charge on any atom is -0.496 e. The first-order valence-electron chi connectivity index (χ1n) is 6.51. The van der Waals surface area contributed by atoms with Gasteiger partial charge in [-0.1, -0.05) is 0 Å². The van der Waals surface area contributed by atoms with E-state index < -0.39 is 5.82 Å². The van der Waals surface area contributed by atoms with Crippen molar-refractivity contribution in [3.63, 3.8) is 0 Å². The Kier molecular flexibility index (Phi) is 4.26. The predicted molar refractivity (Wildman–Crippen MR) is 78.9 cm³/mol.